The Kier molecular flexibility index (Phi) is 37.2. The van der Waals surface area contributed by atoms with Crippen LogP contribution in [0.15, 0.2) is 218 Å². The van der Waals surface area contributed by atoms with Gasteiger partial charge in [0.15, 0.2) is 0 Å². The first kappa shape index (κ1) is 101. The van der Waals surface area contributed by atoms with E-state index in [9.17, 15) is 61.5 Å². The Morgan fingerprint density at radius 3 is 1.06 bits per heavy atom. The van der Waals surface area contributed by atoms with Crippen LogP contribution in [0, 0.1) is 0 Å². The number of fused-ring (bicyclic) bond motifs is 3. The van der Waals surface area contributed by atoms with Crippen LogP contribution in [-0.2, 0) is 66.0 Å². The number of aromatic nitrogens is 3. The zero-order chi connectivity index (χ0) is 91.4. The number of carbonyl (C=O) groups excluding carboxylic acids is 6. The third-order valence-corrected chi connectivity index (χ3v) is 21.3. The molecule has 3 heterocycles. The van der Waals surface area contributed by atoms with E-state index in [1.165, 1.54) is 49.4 Å². The summed E-state index contributed by atoms with van der Waals surface area (Å²) >= 11 is 39.8. The summed E-state index contributed by atoms with van der Waals surface area (Å²) in [6.07, 6.45) is 0.722. The van der Waals surface area contributed by atoms with Crippen LogP contribution in [0.4, 0.5) is 40.0 Å². The molecule has 0 saturated carbocycles. The van der Waals surface area contributed by atoms with Gasteiger partial charge in [0.25, 0.3) is 17.7 Å². The van der Waals surface area contributed by atoms with Crippen molar-refractivity contribution in [2.24, 2.45) is 0 Å². The molecular formula is C92H87BBrCl6F3KN9O13. The Labute approximate surface area is 807 Å². The molecule has 0 aliphatic rings. The molecule has 5 amide bonds. The molecule has 0 bridgehead atoms. The van der Waals surface area contributed by atoms with E-state index in [1.807, 2.05) is 137 Å². The summed E-state index contributed by atoms with van der Waals surface area (Å²) < 4.78 is 54.0. The molecule has 6 N–H and O–H groups in total. The zero-order valence-electron chi connectivity index (χ0n) is 70.2. The van der Waals surface area contributed by atoms with Crippen LogP contribution >= 0.6 is 85.5 Å². The number of carbonyl (C=O) groups is 8. The van der Waals surface area contributed by atoms with Crippen LogP contribution in [0.3, 0.4) is 0 Å². The number of carboxylic acids is 2. The van der Waals surface area contributed by atoms with Crippen molar-refractivity contribution in [3.8, 4) is 0 Å². The SMILES string of the molecule is CN(C(=O)OC(C)(C)C)c1ccc2ccc(Cc3ccc(C[C@H](NC(=O)c4c(Cl)cccc4Cl)C(=O)O)cc3)cc2n1.CN(C(=O)OC(C)(C)C)c1ccc2ccc([B-](F)(F)F)cc2n1.CNc1ccc2ccc(Cc3ccc(C[C@H](NC(=O)c4c(Cl)cccc4Cl)C(=O)O)cc3)cc2n1.COC(=O)[C@H](Cc1ccc(CBr)cc1)NC(=O)c1c(Cl)cccc1Cl.[K+]. The molecule has 0 spiro atoms. The number of hydrogen-bond acceptors (Lipinski definition) is 15. The van der Waals surface area contributed by atoms with Crippen LogP contribution in [0.2, 0.25) is 30.1 Å². The third-order valence-electron chi connectivity index (χ3n) is 18.8. The molecular weight excluding hydrogens is 1840 g/mol. The Balaban J connectivity index is 0.000000213. The number of benzene rings is 9. The van der Waals surface area contributed by atoms with Gasteiger partial charge in [-0.25, -0.2) is 38.9 Å². The van der Waals surface area contributed by atoms with Crippen molar-refractivity contribution in [2.45, 2.75) is 108 Å². The Hall–Kier alpha value is -9.92. The predicted molar refractivity (Wildman–Crippen MR) is 492 cm³/mol. The second-order valence-electron chi connectivity index (χ2n) is 30.6. The number of ether oxygens (including phenoxy) is 3. The molecule has 0 aliphatic heterocycles. The van der Waals surface area contributed by atoms with Crippen LogP contribution < -0.4 is 87.9 Å². The second-order valence-corrected chi connectivity index (χ2v) is 33.6. The number of hydrogen-bond donors (Lipinski definition) is 6. The third kappa shape index (κ3) is 29.6. The molecule has 12 aromatic rings. The number of anilines is 3. The van der Waals surface area contributed by atoms with Crippen LogP contribution in [0.5, 0.6) is 0 Å². The topological polar surface area (TPSA) is 298 Å². The summed E-state index contributed by atoms with van der Waals surface area (Å²) in [4.78, 5) is 114. The molecule has 22 nitrogen and oxygen atoms in total. The van der Waals surface area contributed by atoms with Gasteiger partial charge < -0.3 is 58.6 Å². The van der Waals surface area contributed by atoms with E-state index in [-0.39, 0.29) is 122 Å². The number of pyridine rings is 3. The number of nitrogens with one attached hydrogen (secondary N) is 4. The van der Waals surface area contributed by atoms with E-state index in [0.717, 1.165) is 94.5 Å². The molecule has 0 radical (unpaired) electrons. The second kappa shape index (κ2) is 46.2. The summed E-state index contributed by atoms with van der Waals surface area (Å²) in [7, 11) is 6.20. The van der Waals surface area contributed by atoms with E-state index < -0.39 is 89.6 Å². The van der Waals surface area contributed by atoms with Gasteiger partial charge in [0.05, 0.1) is 70.5 Å². The van der Waals surface area contributed by atoms with E-state index in [4.69, 9.17) is 83.8 Å². The number of nitrogens with zero attached hydrogens (tertiary/aromatic N) is 5. The quantitative estimate of drug-likeness (QED) is 0.0142. The molecule has 0 saturated heterocycles. The minimum atomic E-state index is -5.10. The summed E-state index contributed by atoms with van der Waals surface area (Å²) in [5.74, 6) is -3.14. The van der Waals surface area contributed by atoms with Gasteiger partial charge in [-0.05, 0) is 184 Å². The fourth-order valence-electron chi connectivity index (χ4n) is 12.3. The van der Waals surface area contributed by atoms with Gasteiger partial charge in [0.1, 0.15) is 46.8 Å². The van der Waals surface area contributed by atoms with E-state index >= 15 is 0 Å². The molecule has 0 unspecified atom stereocenters. The van der Waals surface area contributed by atoms with Crippen molar-refractivity contribution in [1.29, 1.82) is 0 Å². The average Bonchev–Trinajstić information content (AvgIpc) is 0.808. The largest absolute Gasteiger partial charge is 1.00 e. The normalized spacial score (nSPS) is 11.8. The van der Waals surface area contributed by atoms with Crippen molar-refractivity contribution >= 4 is 196 Å². The van der Waals surface area contributed by atoms with Gasteiger partial charge in [-0.1, -0.05) is 219 Å². The van der Waals surface area contributed by atoms with E-state index in [0.29, 0.717) is 30.5 Å². The summed E-state index contributed by atoms with van der Waals surface area (Å²) in [6.45, 7) is 5.52. The smallest absolute Gasteiger partial charge is 0.480 e. The molecule has 9 aromatic carbocycles. The van der Waals surface area contributed by atoms with Crippen molar-refractivity contribution < 1.29 is 127 Å². The molecule has 34 heteroatoms. The molecule has 0 aliphatic carbocycles. The van der Waals surface area contributed by atoms with Gasteiger partial charge in [0, 0.05) is 61.9 Å². The van der Waals surface area contributed by atoms with Crippen molar-refractivity contribution in [3.05, 3.63) is 310 Å². The maximum Gasteiger partial charge on any atom is 1.00 e. The molecule has 652 valence electrons. The number of alkyl halides is 1. The summed E-state index contributed by atoms with van der Waals surface area (Å²) in [5, 5.41) is 34.5. The number of methoxy groups -OCH3 is 1. The number of carboxylic acid groups (broad SMARTS) is 2. The Bertz CT molecular complexity index is 5890. The monoisotopic (exact) mass is 1920 g/mol. The minimum absolute atomic E-state index is 0. The van der Waals surface area contributed by atoms with Crippen molar-refractivity contribution in [3.63, 3.8) is 0 Å². The van der Waals surface area contributed by atoms with Crippen LogP contribution in [-0.4, -0.2) is 138 Å². The molecule has 126 heavy (non-hydrogen) atoms. The molecule has 3 aromatic heterocycles. The number of amides is 5. The number of halogens is 10. The first-order valence-corrected chi connectivity index (χ1v) is 42.1. The van der Waals surface area contributed by atoms with Crippen LogP contribution in [0.1, 0.15) is 117 Å². The Morgan fingerprint density at radius 1 is 0.429 bits per heavy atom. The van der Waals surface area contributed by atoms with E-state index in [1.54, 1.807) is 76.3 Å². The first-order valence-electron chi connectivity index (χ1n) is 38.7. The fourth-order valence-corrected chi connectivity index (χ4v) is 14.4. The summed E-state index contributed by atoms with van der Waals surface area (Å²) in [6, 6.07) is 60.2. The van der Waals surface area contributed by atoms with Gasteiger partial charge in [0.2, 0.25) is 0 Å². The minimum Gasteiger partial charge on any atom is -0.480 e. The van der Waals surface area contributed by atoms with Gasteiger partial charge >= 0.3 is 88.5 Å². The van der Waals surface area contributed by atoms with Crippen molar-refractivity contribution in [1.82, 2.24) is 30.9 Å². The average molecular weight is 1930 g/mol. The number of rotatable bonds is 24. The predicted octanol–water partition coefficient (Wildman–Crippen LogP) is 17.6. The van der Waals surface area contributed by atoms with E-state index in [2.05, 4.69) is 70.3 Å². The fraction of sp³-hybridized carbons (Fsp3) is 0.228. The van der Waals surface area contributed by atoms with Gasteiger partial charge in [-0.2, -0.15) is 0 Å². The van der Waals surface area contributed by atoms with Gasteiger partial charge in [-0.15, -0.1) is 5.46 Å². The zero-order valence-corrected chi connectivity index (χ0v) is 79.5. The molecule has 12 rings (SSSR count). The van der Waals surface area contributed by atoms with Crippen molar-refractivity contribution in [2.75, 3.05) is 43.4 Å². The first-order chi connectivity index (χ1) is 59.1. The molecule has 3 atom stereocenters. The maximum absolute atomic E-state index is 12.8. The van der Waals surface area contributed by atoms with Gasteiger partial charge in [-0.3, -0.25) is 24.2 Å². The maximum atomic E-state index is 12.8. The van der Waals surface area contributed by atoms with Crippen LogP contribution in [0.25, 0.3) is 32.7 Å². The standard InChI is InChI=1S/C32H31Cl2N3O5.C27H23Cl2N3O3.C18H16BrCl2NO3.C15H17BF3N2O2.K/c1-32(2,3)42-31(41)37(4)27-15-14-22-13-12-21(18-25(22)35-27)16-19-8-10-20(11-9-19)17-26(30(39)40)36-29(38)28-23(33)6-5-7-24(28)34;1-30-24-12-11-19-10-9-18(15-22(19)31-24)13-16-5-7-17(8-6-16)14-23(27(34)35)32-26(33)25-20(28)3-2-4-21(25)29;1-25-18(24)15(9-11-5-7-12(10-19)8-6-11)22-17(23)16-13(20)3-2-4-14(16)21;1-15(2,3)23-14(22)21(4)13-8-6-10-5-7-11(16(17,18)19)9-12(10)20-13;/h5-15,18,26H,16-17H2,1-4H3,(H,36,38)(H,39,40);2-12,15,23H,13-14H2,1H3,(H,30,31)(H,32,33)(H,34,35);2-8,15H,9-10H2,1H3,(H,22,23);5-9H,1-4H3;/q;;;-1;+1/t26-;23-;15-;;/m000../s1. The summed E-state index contributed by atoms with van der Waals surface area (Å²) in [5.41, 5.74) is 7.84. The number of aliphatic carboxylic acids is 2. The number of esters is 1. The molecule has 0 fully saturated rings. The Morgan fingerprint density at radius 2 is 0.730 bits per heavy atom.